The molecule has 1 aliphatic heterocycles. The number of aliphatic imine (C=N–C) groups is 1. The van der Waals surface area contributed by atoms with Crippen molar-refractivity contribution in [3.05, 3.63) is 34.9 Å². The summed E-state index contributed by atoms with van der Waals surface area (Å²) in [5.41, 5.74) is 8.55. The zero-order valence-electron chi connectivity index (χ0n) is 6.94. The molecular formula is C9H9N3O. The molecule has 0 amide bonds. The van der Waals surface area contributed by atoms with Crippen LogP contribution in [-0.2, 0) is 6.54 Å². The number of rotatable bonds is 1. The van der Waals surface area contributed by atoms with Gasteiger partial charge in [-0.2, -0.15) is 0 Å². The molecule has 0 radical (unpaired) electrons. The Morgan fingerprint density at radius 1 is 1.54 bits per heavy atom. The molecule has 0 spiro atoms. The maximum Gasteiger partial charge on any atom is 0.126 e. The van der Waals surface area contributed by atoms with Crippen LogP contribution < -0.4 is 5.73 Å². The Hall–Kier alpha value is -1.84. The van der Waals surface area contributed by atoms with Gasteiger partial charge in [0, 0.05) is 5.56 Å². The standard InChI is InChI=1S/C9H9N3O/c10-9-8-2-1-6(4-12-13)3-7(8)5-11-9/h1-4,13H,5H2,(H2,10,11). The second-order valence-electron chi connectivity index (χ2n) is 2.86. The lowest BCUT2D eigenvalue weighted by atomic mass is 10.1. The van der Waals surface area contributed by atoms with Crippen molar-refractivity contribution in [2.24, 2.45) is 15.9 Å². The van der Waals surface area contributed by atoms with E-state index in [0.717, 1.165) is 16.7 Å². The highest BCUT2D eigenvalue weighted by atomic mass is 16.4. The highest BCUT2D eigenvalue weighted by Crippen LogP contribution is 2.17. The topological polar surface area (TPSA) is 71.0 Å². The van der Waals surface area contributed by atoms with Gasteiger partial charge in [0.2, 0.25) is 0 Å². The van der Waals surface area contributed by atoms with Crippen LogP contribution in [0, 0.1) is 0 Å². The summed E-state index contributed by atoms with van der Waals surface area (Å²) in [6, 6.07) is 5.64. The monoisotopic (exact) mass is 175 g/mol. The molecule has 0 aliphatic carbocycles. The van der Waals surface area contributed by atoms with Crippen LogP contribution in [0.5, 0.6) is 0 Å². The molecule has 0 atom stereocenters. The van der Waals surface area contributed by atoms with Gasteiger partial charge in [0.25, 0.3) is 0 Å². The van der Waals surface area contributed by atoms with Crippen molar-refractivity contribution in [1.29, 1.82) is 0 Å². The fraction of sp³-hybridized carbons (Fsp3) is 0.111. The van der Waals surface area contributed by atoms with Crippen molar-refractivity contribution in [2.75, 3.05) is 0 Å². The summed E-state index contributed by atoms with van der Waals surface area (Å²) < 4.78 is 0. The minimum atomic E-state index is 0.586. The molecule has 1 aliphatic rings. The number of hydrogen-bond acceptors (Lipinski definition) is 4. The number of nitrogens with two attached hydrogens (primary N) is 1. The van der Waals surface area contributed by atoms with E-state index in [1.807, 2.05) is 18.2 Å². The summed E-state index contributed by atoms with van der Waals surface area (Å²) in [7, 11) is 0. The normalized spacial score (nSPS) is 14.6. The maximum absolute atomic E-state index is 8.34. The summed E-state index contributed by atoms with van der Waals surface area (Å²) in [6.45, 7) is 0.619. The number of nitrogens with zero attached hydrogens (tertiary/aromatic N) is 2. The first-order chi connectivity index (χ1) is 6.31. The highest BCUT2D eigenvalue weighted by molar-refractivity contribution is 6.01. The van der Waals surface area contributed by atoms with Gasteiger partial charge in [-0.15, -0.1) is 0 Å². The Morgan fingerprint density at radius 2 is 2.38 bits per heavy atom. The molecule has 0 saturated carbocycles. The summed E-state index contributed by atoms with van der Waals surface area (Å²) in [4.78, 5) is 4.09. The first-order valence-electron chi connectivity index (χ1n) is 3.92. The Kier molecular flexibility index (Phi) is 1.73. The van der Waals surface area contributed by atoms with E-state index in [-0.39, 0.29) is 0 Å². The molecule has 2 rings (SSSR count). The van der Waals surface area contributed by atoms with Crippen LogP contribution in [-0.4, -0.2) is 17.3 Å². The number of oxime groups is 1. The molecule has 1 heterocycles. The van der Waals surface area contributed by atoms with Gasteiger partial charge in [0.15, 0.2) is 0 Å². The van der Waals surface area contributed by atoms with E-state index in [4.69, 9.17) is 10.9 Å². The van der Waals surface area contributed by atoms with E-state index < -0.39 is 0 Å². The first-order valence-corrected chi connectivity index (χ1v) is 3.92. The van der Waals surface area contributed by atoms with Crippen LogP contribution in [0.25, 0.3) is 0 Å². The molecule has 0 fully saturated rings. The first kappa shape index (κ1) is 7.79. The second-order valence-corrected chi connectivity index (χ2v) is 2.86. The molecule has 0 aromatic heterocycles. The minimum absolute atomic E-state index is 0.586. The van der Waals surface area contributed by atoms with Crippen molar-refractivity contribution in [3.63, 3.8) is 0 Å². The average molecular weight is 175 g/mol. The smallest absolute Gasteiger partial charge is 0.126 e. The second kappa shape index (κ2) is 2.90. The Balaban J connectivity index is 2.43. The third-order valence-corrected chi connectivity index (χ3v) is 2.03. The molecule has 66 valence electrons. The molecule has 1 aromatic rings. The SMILES string of the molecule is NC1=NCc2cc(C=NO)ccc21. The summed E-state index contributed by atoms with van der Waals surface area (Å²) >= 11 is 0. The molecule has 4 heteroatoms. The molecule has 3 N–H and O–H groups in total. The predicted octanol–water partition coefficient (Wildman–Crippen LogP) is 0.714. The molecule has 0 unspecified atom stereocenters. The van der Waals surface area contributed by atoms with Gasteiger partial charge in [0.1, 0.15) is 5.84 Å². The number of fused-ring (bicyclic) bond motifs is 1. The summed E-state index contributed by atoms with van der Waals surface area (Å²) in [5.74, 6) is 0.586. The number of amidine groups is 1. The number of hydrogen-bond donors (Lipinski definition) is 2. The van der Waals surface area contributed by atoms with E-state index in [1.54, 1.807) is 0 Å². The maximum atomic E-state index is 8.34. The molecule has 0 bridgehead atoms. The molecular weight excluding hydrogens is 166 g/mol. The lowest BCUT2D eigenvalue weighted by Crippen LogP contribution is -2.10. The van der Waals surface area contributed by atoms with Crippen LogP contribution in [0.3, 0.4) is 0 Å². The lowest BCUT2D eigenvalue weighted by Gasteiger charge is -1.99. The van der Waals surface area contributed by atoms with Crippen molar-refractivity contribution in [3.8, 4) is 0 Å². The van der Waals surface area contributed by atoms with Gasteiger partial charge in [-0.1, -0.05) is 17.3 Å². The van der Waals surface area contributed by atoms with Crippen LogP contribution in [0.15, 0.2) is 28.3 Å². The molecule has 1 aromatic carbocycles. The van der Waals surface area contributed by atoms with Crippen LogP contribution in [0.4, 0.5) is 0 Å². The predicted molar refractivity (Wildman–Crippen MR) is 50.3 cm³/mol. The van der Waals surface area contributed by atoms with Gasteiger partial charge in [-0.3, -0.25) is 4.99 Å². The van der Waals surface area contributed by atoms with Crippen LogP contribution in [0.1, 0.15) is 16.7 Å². The fourth-order valence-electron chi connectivity index (χ4n) is 1.40. The van der Waals surface area contributed by atoms with Gasteiger partial charge >= 0.3 is 0 Å². The van der Waals surface area contributed by atoms with Crippen molar-refractivity contribution < 1.29 is 5.21 Å². The number of benzene rings is 1. The molecule has 0 saturated heterocycles. The van der Waals surface area contributed by atoms with E-state index in [0.29, 0.717) is 12.4 Å². The third-order valence-electron chi connectivity index (χ3n) is 2.03. The third kappa shape index (κ3) is 1.26. The molecule has 4 nitrogen and oxygen atoms in total. The van der Waals surface area contributed by atoms with E-state index in [1.165, 1.54) is 6.21 Å². The van der Waals surface area contributed by atoms with E-state index in [2.05, 4.69) is 10.1 Å². The Bertz CT molecular complexity index is 396. The van der Waals surface area contributed by atoms with Crippen LogP contribution in [0.2, 0.25) is 0 Å². The average Bonchev–Trinajstić information content (AvgIpc) is 2.48. The van der Waals surface area contributed by atoms with Crippen LogP contribution >= 0.6 is 0 Å². The highest BCUT2D eigenvalue weighted by Gasteiger charge is 2.12. The van der Waals surface area contributed by atoms with E-state index >= 15 is 0 Å². The zero-order valence-corrected chi connectivity index (χ0v) is 6.94. The minimum Gasteiger partial charge on any atom is -0.411 e. The fourth-order valence-corrected chi connectivity index (χ4v) is 1.40. The van der Waals surface area contributed by atoms with Crippen molar-refractivity contribution in [2.45, 2.75) is 6.54 Å². The van der Waals surface area contributed by atoms with Crippen molar-refractivity contribution in [1.82, 2.24) is 0 Å². The van der Waals surface area contributed by atoms with Gasteiger partial charge < -0.3 is 10.9 Å². The molecule has 13 heavy (non-hydrogen) atoms. The van der Waals surface area contributed by atoms with Gasteiger partial charge in [-0.05, 0) is 17.2 Å². The summed E-state index contributed by atoms with van der Waals surface area (Å²) in [6.07, 6.45) is 1.38. The van der Waals surface area contributed by atoms with Gasteiger partial charge in [0.05, 0.1) is 12.8 Å². The Labute approximate surface area is 75.4 Å². The van der Waals surface area contributed by atoms with E-state index in [9.17, 15) is 0 Å². The zero-order chi connectivity index (χ0) is 9.26. The Morgan fingerprint density at radius 3 is 3.15 bits per heavy atom. The quantitative estimate of drug-likeness (QED) is 0.375. The largest absolute Gasteiger partial charge is 0.411 e. The van der Waals surface area contributed by atoms with Crippen molar-refractivity contribution >= 4 is 12.1 Å². The van der Waals surface area contributed by atoms with Gasteiger partial charge in [-0.25, -0.2) is 0 Å². The summed E-state index contributed by atoms with van der Waals surface area (Å²) in [5, 5.41) is 11.3. The lowest BCUT2D eigenvalue weighted by molar-refractivity contribution is 0.322.